The lowest BCUT2D eigenvalue weighted by Crippen LogP contribution is -2.14. The Kier molecular flexibility index (Phi) is 3.61. The number of hydrogen-bond donors (Lipinski definition) is 1. The summed E-state index contributed by atoms with van der Waals surface area (Å²) in [4.78, 5) is 0. The van der Waals surface area contributed by atoms with E-state index in [2.05, 4.69) is 20.7 Å². The van der Waals surface area contributed by atoms with Crippen LogP contribution in [0.1, 0.15) is 5.56 Å². The molecule has 2 nitrogen and oxygen atoms in total. The number of rotatable bonds is 2. The maximum Gasteiger partial charge on any atom is 0.421 e. The molecule has 1 aromatic carbocycles. The number of nitrogens with two attached hydrogens (primary N) is 1. The standard InChI is InChI=1S/C8H5BrF5NO/c9-3-1-4(15)6(8(12,13)14)5(2-3)16-7(10)11/h1-2,7H,15H2. The molecule has 0 unspecified atom stereocenters. The summed E-state index contributed by atoms with van der Waals surface area (Å²) in [6, 6.07) is 1.74. The van der Waals surface area contributed by atoms with Crippen LogP contribution >= 0.6 is 15.9 Å². The van der Waals surface area contributed by atoms with Crippen molar-refractivity contribution >= 4 is 21.6 Å². The van der Waals surface area contributed by atoms with Crippen LogP contribution in [0.4, 0.5) is 27.6 Å². The third-order valence-corrected chi connectivity index (χ3v) is 2.05. The second-order valence-corrected chi connectivity index (χ2v) is 3.66. The minimum atomic E-state index is -4.85. The fraction of sp³-hybridized carbons (Fsp3) is 0.250. The summed E-state index contributed by atoms with van der Waals surface area (Å²) in [7, 11) is 0. The number of nitrogen functional groups attached to an aromatic ring is 1. The van der Waals surface area contributed by atoms with Crippen molar-refractivity contribution in [3.8, 4) is 5.75 Å². The Balaban J connectivity index is 3.33. The average Bonchev–Trinajstić information content (AvgIpc) is 1.96. The first-order chi connectivity index (χ1) is 7.21. The minimum absolute atomic E-state index is 0.119. The number of benzene rings is 1. The van der Waals surface area contributed by atoms with Gasteiger partial charge in [0, 0.05) is 10.2 Å². The van der Waals surface area contributed by atoms with E-state index in [1.165, 1.54) is 0 Å². The molecular formula is C8H5BrF5NO. The van der Waals surface area contributed by atoms with Crippen LogP contribution in [0.3, 0.4) is 0 Å². The van der Waals surface area contributed by atoms with Crippen molar-refractivity contribution in [3.05, 3.63) is 22.2 Å². The van der Waals surface area contributed by atoms with E-state index >= 15 is 0 Å². The summed E-state index contributed by atoms with van der Waals surface area (Å²) in [5.41, 5.74) is 3.02. The smallest absolute Gasteiger partial charge is 0.421 e. The van der Waals surface area contributed by atoms with Gasteiger partial charge >= 0.3 is 12.8 Å². The second-order valence-electron chi connectivity index (χ2n) is 2.74. The molecule has 1 rings (SSSR count). The molecule has 0 saturated heterocycles. The first kappa shape index (κ1) is 13.0. The molecular weight excluding hydrogens is 301 g/mol. The van der Waals surface area contributed by atoms with Crippen molar-refractivity contribution in [2.24, 2.45) is 0 Å². The highest BCUT2D eigenvalue weighted by Gasteiger charge is 2.37. The molecule has 0 spiro atoms. The lowest BCUT2D eigenvalue weighted by atomic mass is 10.1. The van der Waals surface area contributed by atoms with E-state index in [1.807, 2.05) is 0 Å². The van der Waals surface area contributed by atoms with E-state index in [-0.39, 0.29) is 4.47 Å². The Bertz CT molecular complexity index is 393. The van der Waals surface area contributed by atoms with E-state index < -0.39 is 29.8 Å². The van der Waals surface area contributed by atoms with E-state index in [4.69, 9.17) is 5.73 Å². The molecule has 0 amide bonds. The van der Waals surface area contributed by atoms with Gasteiger partial charge in [-0.3, -0.25) is 0 Å². The van der Waals surface area contributed by atoms with Crippen LogP contribution in [0.25, 0.3) is 0 Å². The second kappa shape index (κ2) is 4.44. The largest absolute Gasteiger partial charge is 0.434 e. The average molecular weight is 306 g/mol. The molecule has 2 N–H and O–H groups in total. The lowest BCUT2D eigenvalue weighted by Gasteiger charge is -2.15. The van der Waals surface area contributed by atoms with E-state index in [1.54, 1.807) is 0 Å². The molecule has 1 aromatic rings. The van der Waals surface area contributed by atoms with Gasteiger partial charge in [-0.1, -0.05) is 15.9 Å². The van der Waals surface area contributed by atoms with E-state index in [9.17, 15) is 22.0 Å². The van der Waals surface area contributed by atoms with Crippen LogP contribution < -0.4 is 10.5 Å². The quantitative estimate of drug-likeness (QED) is 0.668. The zero-order valence-corrected chi connectivity index (χ0v) is 9.07. The zero-order chi connectivity index (χ0) is 12.5. The maximum atomic E-state index is 12.5. The van der Waals surface area contributed by atoms with Gasteiger partial charge in [0.05, 0.1) is 0 Å². The van der Waals surface area contributed by atoms with Gasteiger partial charge in [0.2, 0.25) is 0 Å². The fourth-order valence-corrected chi connectivity index (χ4v) is 1.55. The van der Waals surface area contributed by atoms with Crippen LogP contribution in [0.2, 0.25) is 0 Å². The highest BCUT2D eigenvalue weighted by Crippen LogP contribution is 2.42. The highest BCUT2D eigenvalue weighted by atomic mass is 79.9. The molecule has 8 heteroatoms. The van der Waals surface area contributed by atoms with Crippen LogP contribution in [0, 0.1) is 0 Å². The molecule has 0 aliphatic rings. The minimum Gasteiger partial charge on any atom is -0.434 e. The van der Waals surface area contributed by atoms with Crippen molar-refractivity contribution in [2.75, 3.05) is 5.73 Å². The van der Waals surface area contributed by atoms with Gasteiger partial charge in [-0.2, -0.15) is 22.0 Å². The van der Waals surface area contributed by atoms with Gasteiger partial charge in [-0.25, -0.2) is 0 Å². The Morgan fingerprint density at radius 1 is 1.25 bits per heavy atom. The Morgan fingerprint density at radius 3 is 2.25 bits per heavy atom. The van der Waals surface area contributed by atoms with Crippen LogP contribution in [-0.4, -0.2) is 6.61 Å². The SMILES string of the molecule is Nc1cc(Br)cc(OC(F)F)c1C(F)(F)F. The summed E-state index contributed by atoms with van der Waals surface area (Å²) in [5.74, 6) is -1.01. The predicted molar refractivity (Wildman–Crippen MR) is 50.2 cm³/mol. The molecule has 0 aromatic heterocycles. The van der Waals surface area contributed by atoms with Crippen LogP contribution in [0.5, 0.6) is 5.75 Å². The third kappa shape index (κ3) is 2.97. The first-order valence-electron chi connectivity index (χ1n) is 3.83. The van der Waals surface area contributed by atoms with Gasteiger partial charge in [-0.15, -0.1) is 0 Å². The molecule has 0 atom stereocenters. The van der Waals surface area contributed by atoms with Crippen molar-refractivity contribution < 1.29 is 26.7 Å². The number of anilines is 1. The number of halogens is 6. The molecule has 0 aliphatic carbocycles. The number of hydrogen-bond acceptors (Lipinski definition) is 2. The van der Waals surface area contributed by atoms with Gasteiger partial charge in [0.25, 0.3) is 0 Å². The molecule has 0 aliphatic heterocycles. The molecule has 0 bridgehead atoms. The molecule has 16 heavy (non-hydrogen) atoms. The van der Waals surface area contributed by atoms with Crippen molar-refractivity contribution in [1.29, 1.82) is 0 Å². The monoisotopic (exact) mass is 305 g/mol. The molecule has 0 saturated carbocycles. The molecule has 90 valence electrons. The number of alkyl halides is 5. The molecule has 0 fully saturated rings. The first-order valence-corrected chi connectivity index (χ1v) is 4.62. The zero-order valence-electron chi connectivity index (χ0n) is 7.49. The lowest BCUT2D eigenvalue weighted by molar-refractivity contribution is -0.141. The van der Waals surface area contributed by atoms with Crippen molar-refractivity contribution in [3.63, 3.8) is 0 Å². The third-order valence-electron chi connectivity index (χ3n) is 1.60. The number of ether oxygens (including phenoxy) is 1. The Labute approximate surface area is 95.3 Å². The van der Waals surface area contributed by atoms with Gasteiger partial charge in [0.1, 0.15) is 11.3 Å². The van der Waals surface area contributed by atoms with Gasteiger partial charge in [-0.05, 0) is 12.1 Å². The van der Waals surface area contributed by atoms with Gasteiger partial charge < -0.3 is 10.5 Å². The van der Waals surface area contributed by atoms with Crippen molar-refractivity contribution in [2.45, 2.75) is 12.8 Å². The maximum absolute atomic E-state index is 12.5. The summed E-state index contributed by atoms with van der Waals surface area (Å²) < 4.78 is 65.1. The summed E-state index contributed by atoms with van der Waals surface area (Å²) in [6.45, 7) is -3.35. The fourth-order valence-electron chi connectivity index (χ4n) is 1.09. The summed E-state index contributed by atoms with van der Waals surface area (Å²) >= 11 is 2.83. The van der Waals surface area contributed by atoms with Crippen LogP contribution in [-0.2, 0) is 6.18 Å². The summed E-state index contributed by atoms with van der Waals surface area (Å²) in [5, 5.41) is 0. The van der Waals surface area contributed by atoms with Gasteiger partial charge in [0.15, 0.2) is 0 Å². The topological polar surface area (TPSA) is 35.2 Å². The molecule has 0 radical (unpaired) electrons. The van der Waals surface area contributed by atoms with E-state index in [0.717, 1.165) is 12.1 Å². The van der Waals surface area contributed by atoms with Crippen LogP contribution in [0.15, 0.2) is 16.6 Å². The summed E-state index contributed by atoms with van der Waals surface area (Å²) in [6.07, 6.45) is -4.85. The highest BCUT2D eigenvalue weighted by molar-refractivity contribution is 9.10. The van der Waals surface area contributed by atoms with Crippen molar-refractivity contribution in [1.82, 2.24) is 0 Å². The molecule has 0 heterocycles. The Morgan fingerprint density at radius 2 is 1.81 bits per heavy atom. The Hall–Kier alpha value is -1.05. The normalized spacial score (nSPS) is 11.9. The predicted octanol–water partition coefficient (Wildman–Crippen LogP) is 3.65. The van der Waals surface area contributed by atoms with E-state index in [0.29, 0.717) is 0 Å².